The molecule has 0 unspecified atom stereocenters. The fourth-order valence-electron chi connectivity index (χ4n) is 5.03. The second-order valence-corrected chi connectivity index (χ2v) is 11.6. The van der Waals surface area contributed by atoms with Gasteiger partial charge in [0.1, 0.15) is 11.6 Å². The molecule has 0 spiro atoms. The Hall–Kier alpha value is -2.98. The van der Waals surface area contributed by atoms with Gasteiger partial charge in [-0.15, -0.1) is 0 Å². The average Bonchev–Trinajstić information content (AvgIpc) is 3.44. The Morgan fingerprint density at radius 2 is 1.89 bits per heavy atom. The molecule has 1 saturated carbocycles. The molecule has 0 radical (unpaired) electrons. The second kappa shape index (κ2) is 8.91. The van der Waals surface area contributed by atoms with Crippen molar-refractivity contribution in [2.45, 2.75) is 50.2 Å². The summed E-state index contributed by atoms with van der Waals surface area (Å²) in [5, 5.41) is 14.5. The number of halogens is 1. The topological polar surface area (TPSA) is 102 Å². The maximum atomic E-state index is 14.2. The van der Waals surface area contributed by atoms with Gasteiger partial charge in [0.15, 0.2) is 0 Å². The number of nitrogens with zero attached hydrogens (tertiary/aromatic N) is 3. The second-order valence-electron chi connectivity index (χ2n) is 9.65. The Morgan fingerprint density at radius 1 is 1.17 bits per heavy atom. The van der Waals surface area contributed by atoms with Crippen LogP contribution in [0.4, 0.5) is 4.39 Å². The molecule has 1 saturated heterocycles. The van der Waals surface area contributed by atoms with E-state index in [2.05, 4.69) is 5.10 Å². The molecule has 1 aromatic heterocycles. The molecule has 35 heavy (non-hydrogen) atoms. The maximum absolute atomic E-state index is 14.2. The van der Waals surface area contributed by atoms with Gasteiger partial charge < -0.3 is 9.84 Å². The zero-order chi connectivity index (χ0) is 24.9. The standard InChI is InChI=1S/C25H28FN3O5S/c1-15(2)34-18-6-8-19(9-7-18)35(32,33)28-13-21(16-3-4-16)24(14-28)29-23-11-17(26)5-10-20(23)22(27-29)12-25(30)31/h5-11,15-16,21,24H,3-4,12-14H2,1-2H3,(H,30,31)/t21-,24-/m0/s1. The number of hydrogen-bond acceptors (Lipinski definition) is 5. The molecular formula is C25H28FN3O5S. The normalized spacial score (nSPS) is 21.1. The molecule has 2 atom stereocenters. The van der Waals surface area contributed by atoms with E-state index >= 15 is 0 Å². The van der Waals surface area contributed by atoms with Crippen molar-refractivity contribution >= 4 is 26.9 Å². The van der Waals surface area contributed by atoms with Crippen LogP contribution in [0.1, 0.15) is 38.4 Å². The summed E-state index contributed by atoms with van der Waals surface area (Å²) in [5.41, 5.74) is 0.843. The number of rotatable bonds is 8. The number of carbonyl (C=O) groups is 1. The summed E-state index contributed by atoms with van der Waals surface area (Å²) in [6.07, 6.45) is 1.70. The molecule has 0 amide bonds. The minimum Gasteiger partial charge on any atom is -0.491 e. The summed E-state index contributed by atoms with van der Waals surface area (Å²) in [4.78, 5) is 11.6. The number of aliphatic carboxylic acids is 1. The monoisotopic (exact) mass is 501 g/mol. The fraction of sp³-hybridized carbons (Fsp3) is 0.440. The van der Waals surface area contributed by atoms with Crippen LogP contribution < -0.4 is 4.74 Å². The van der Waals surface area contributed by atoms with Crippen LogP contribution in [0.5, 0.6) is 5.75 Å². The van der Waals surface area contributed by atoms with Crippen LogP contribution in [-0.2, 0) is 21.2 Å². The van der Waals surface area contributed by atoms with Crippen LogP contribution in [-0.4, -0.2) is 52.8 Å². The van der Waals surface area contributed by atoms with E-state index < -0.39 is 21.8 Å². The minimum atomic E-state index is -3.77. The van der Waals surface area contributed by atoms with Gasteiger partial charge in [-0.3, -0.25) is 9.48 Å². The third-order valence-corrected chi connectivity index (χ3v) is 8.58. The Kier molecular flexibility index (Phi) is 6.04. The number of carboxylic acid groups (broad SMARTS) is 1. The molecule has 5 rings (SSSR count). The van der Waals surface area contributed by atoms with Gasteiger partial charge in [-0.1, -0.05) is 0 Å². The molecule has 2 aliphatic rings. The van der Waals surface area contributed by atoms with E-state index in [0.29, 0.717) is 34.8 Å². The lowest BCUT2D eigenvalue weighted by molar-refractivity contribution is -0.136. The number of hydrogen-bond donors (Lipinski definition) is 1. The van der Waals surface area contributed by atoms with Gasteiger partial charge in [0, 0.05) is 18.5 Å². The van der Waals surface area contributed by atoms with Gasteiger partial charge in [0.05, 0.1) is 34.7 Å². The first-order valence-electron chi connectivity index (χ1n) is 11.8. The first kappa shape index (κ1) is 23.7. The van der Waals surface area contributed by atoms with Gasteiger partial charge in [-0.2, -0.15) is 9.40 Å². The van der Waals surface area contributed by atoms with Gasteiger partial charge in [0.2, 0.25) is 10.0 Å². The summed E-state index contributed by atoms with van der Waals surface area (Å²) in [5.74, 6) is -0.505. The van der Waals surface area contributed by atoms with Crippen LogP contribution in [0.25, 0.3) is 10.9 Å². The molecule has 0 bridgehead atoms. The predicted molar refractivity (Wildman–Crippen MR) is 127 cm³/mol. The molecular weight excluding hydrogens is 473 g/mol. The van der Waals surface area contributed by atoms with Crippen molar-refractivity contribution in [2.75, 3.05) is 13.1 Å². The van der Waals surface area contributed by atoms with Gasteiger partial charge >= 0.3 is 5.97 Å². The SMILES string of the molecule is CC(C)Oc1ccc(S(=O)(=O)N2C[C@@H](C3CC3)[C@@H](n3nc(CC(=O)O)c4ccc(F)cc43)C2)cc1. The molecule has 1 aliphatic heterocycles. The summed E-state index contributed by atoms with van der Waals surface area (Å²) in [7, 11) is -3.77. The highest BCUT2D eigenvalue weighted by atomic mass is 32.2. The molecule has 186 valence electrons. The van der Waals surface area contributed by atoms with E-state index in [4.69, 9.17) is 4.74 Å². The van der Waals surface area contributed by atoms with E-state index in [0.717, 1.165) is 12.8 Å². The van der Waals surface area contributed by atoms with Crippen molar-refractivity contribution in [1.29, 1.82) is 0 Å². The average molecular weight is 502 g/mol. The van der Waals surface area contributed by atoms with Crippen molar-refractivity contribution in [3.8, 4) is 5.75 Å². The Bertz CT molecular complexity index is 1370. The Morgan fingerprint density at radius 3 is 2.51 bits per heavy atom. The fourth-order valence-corrected chi connectivity index (χ4v) is 6.53. The summed E-state index contributed by atoms with van der Waals surface area (Å²) in [6, 6.07) is 10.3. The molecule has 1 aliphatic carbocycles. The van der Waals surface area contributed by atoms with E-state index in [1.165, 1.54) is 16.4 Å². The van der Waals surface area contributed by atoms with Gasteiger partial charge in [-0.05, 0) is 81.0 Å². The van der Waals surface area contributed by atoms with Crippen LogP contribution in [0.2, 0.25) is 0 Å². The van der Waals surface area contributed by atoms with Crippen molar-refractivity contribution in [3.05, 3.63) is 54.0 Å². The number of benzene rings is 2. The van der Waals surface area contributed by atoms with Crippen LogP contribution in [0.15, 0.2) is 47.4 Å². The maximum Gasteiger partial charge on any atom is 0.309 e. The van der Waals surface area contributed by atoms with E-state index in [-0.39, 0.29) is 35.9 Å². The third-order valence-electron chi connectivity index (χ3n) is 6.74. The number of fused-ring (bicyclic) bond motifs is 1. The largest absolute Gasteiger partial charge is 0.491 e. The van der Waals surface area contributed by atoms with Crippen molar-refractivity contribution in [1.82, 2.24) is 14.1 Å². The van der Waals surface area contributed by atoms with Crippen LogP contribution >= 0.6 is 0 Å². The van der Waals surface area contributed by atoms with Gasteiger partial charge in [-0.25, -0.2) is 12.8 Å². The highest BCUT2D eigenvalue weighted by Crippen LogP contribution is 2.47. The van der Waals surface area contributed by atoms with E-state index in [1.807, 2.05) is 13.8 Å². The highest BCUT2D eigenvalue weighted by Gasteiger charge is 2.47. The predicted octanol–water partition coefficient (Wildman–Crippen LogP) is 3.86. The molecule has 3 aromatic rings. The van der Waals surface area contributed by atoms with Crippen molar-refractivity contribution in [3.63, 3.8) is 0 Å². The third kappa shape index (κ3) is 4.64. The molecule has 10 heteroatoms. The lowest BCUT2D eigenvalue weighted by Crippen LogP contribution is -2.29. The zero-order valence-electron chi connectivity index (χ0n) is 19.6. The first-order chi connectivity index (χ1) is 16.6. The van der Waals surface area contributed by atoms with Crippen molar-refractivity contribution < 1.29 is 27.4 Å². The van der Waals surface area contributed by atoms with Crippen molar-refractivity contribution in [2.24, 2.45) is 11.8 Å². The zero-order valence-corrected chi connectivity index (χ0v) is 20.4. The number of ether oxygens (including phenoxy) is 1. The molecule has 2 fully saturated rings. The lowest BCUT2D eigenvalue weighted by Gasteiger charge is -2.19. The number of sulfonamides is 1. The quantitative estimate of drug-likeness (QED) is 0.503. The minimum absolute atomic E-state index is 0.0115. The molecule has 2 heterocycles. The highest BCUT2D eigenvalue weighted by molar-refractivity contribution is 7.89. The summed E-state index contributed by atoms with van der Waals surface area (Å²) >= 11 is 0. The van der Waals surface area contributed by atoms with E-state index in [1.54, 1.807) is 35.0 Å². The van der Waals surface area contributed by atoms with Crippen LogP contribution in [0.3, 0.4) is 0 Å². The Labute approximate surface area is 203 Å². The first-order valence-corrected chi connectivity index (χ1v) is 13.2. The smallest absolute Gasteiger partial charge is 0.309 e. The summed E-state index contributed by atoms with van der Waals surface area (Å²) in [6.45, 7) is 4.33. The van der Waals surface area contributed by atoms with E-state index in [9.17, 15) is 22.7 Å². The molecule has 8 nitrogen and oxygen atoms in total. The summed E-state index contributed by atoms with van der Waals surface area (Å²) < 4.78 is 50.0. The van der Waals surface area contributed by atoms with Crippen LogP contribution in [0, 0.1) is 17.7 Å². The lowest BCUT2D eigenvalue weighted by atomic mass is 9.98. The van der Waals surface area contributed by atoms with Gasteiger partial charge in [0.25, 0.3) is 0 Å². The molecule has 1 N–H and O–H groups in total. The number of carboxylic acids is 1. The molecule has 2 aromatic carbocycles. The number of aromatic nitrogens is 2. The Balaban J connectivity index is 1.49.